The molecule has 6 nitrogen and oxygen atoms in total. The SMILES string of the molecule is O=C(O)CCCN1CSc2nnc(-c3ccccc3)n2C1. The highest BCUT2D eigenvalue weighted by molar-refractivity contribution is 7.99. The van der Waals surface area contributed by atoms with Crippen LogP contribution < -0.4 is 0 Å². The Balaban J connectivity index is 1.73. The van der Waals surface area contributed by atoms with Crippen LogP contribution in [0.2, 0.25) is 0 Å². The van der Waals surface area contributed by atoms with Gasteiger partial charge >= 0.3 is 5.97 Å². The number of thioether (sulfide) groups is 1. The summed E-state index contributed by atoms with van der Waals surface area (Å²) in [4.78, 5) is 12.8. The minimum atomic E-state index is -0.741. The summed E-state index contributed by atoms with van der Waals surface area (Å²) in [5.74, 6) is 0.947. The Kier molecular flexibility index (Phi) is 4.21. The number of benzene rings is 1. The molecule has 1 aliphatic heterocycles. The smallest absolute Gasteiger partial charge is 0.303 e. The normalized spacial score (nSPS) is 14.9. The molecule has 3 rings (SSSR count). The number of fused-ring (bicyclic) bond motifs is 1. The lowest BCUT2D eigenvalue weighted by Gasteiger charge is -2.27. The molecule has 0 amide bonds. The van der Waals surface area contributed by atoms with Crippen molar-refractivity contribution in [2.45, 2.75) is 24.7 Å². The topological polar surface area (TPSA) is 71.2 Å². The first kappa shape index (κ1) is 14.1. The van der Waals surface area contributed by atoms with Crippen molar-refractivity contribution in [1.29, 1.82) is 0 Å². The van der Waals surface area contributed by atoms with E-state index in [2.05, 4.69) is 19.7 Å². The summed E-state index contributed by atoms with van der Waals surface area (Å²) in [7, 11) is 0. The van der Waals surface area contributed by atoms with E-state index in [1.54, 1.807) is 11.8 Å². The van der Waals surface area contributed by atoms with Crippen molar-refractivity contribution in [2.75, 3.05) is 12.4 Å². The molecule has 0 fully saturated rings. The number of aromatic nitrogens is 3. The molecule has 0 saturated heterocycles. The molecule has 2 heterocycles. The Morgan fingerprint density at radius 2 is 2.10 bits per heavy atom. The van der Waals surface area contributed by atoms with Gasteiger partial charge in [-0.05, 0) is 6.42 Å². The van der Waals surface area contributed by atoms with Gasteiger partial charge in [-0.3, -0.25) is 14.3 Å². The third kappa shape index (κ3) is 3.25. The van der Waals surface area contributed by atoms with Crippen molar-refractivity contribution in [3.05, 3.63) is 30.3 Å². The number of hydrogen-bond donors (Lipinski definition) is 1. The lowest BCUT2D eigenvalue weighted by Crippen LogP contribution is -2.31. The predicted molar refractivity (Wildman–Crippen MR) is 79.8 cm³/mol. The summed E-state index contributed by atoms with van der Waals surface area (Å²) in [6.07, 6.45) is 0.871. The fraction of sp³-hybridized carbons (Fsp3) is 0.357. The number of hydrogen-bond acceptors (Lipinski definition) is 5. The Hall–Kier alpha value is -1.86. The third-order valence-corrected chi connectivity index (χ3v) is 4.39. The highest BCUT2D eigenvalue weighted by atomic mass is 32.2. The minimum Gasteiger partial charge on any atom is -0.481 e. The molecule has 7 heteroatoms. The summed E-state index contributed by atoms with van der Waals surface area (Å²) >= 11 is 1.64. The lowest BCUT2D eigenvalue weighted by molar-refractivity contribution is -0.137. The molecular weight excluding hydrogens is 288 g/mol. The van der Waals surface area contributed by atoms with E-state index >= 15 is 0 Å². The van der Waals surface area contributed by atoms with Crippen LogP contribution in [0.1, 0.15) is 12.8 Å². The number of carbonyl (C=O) groups is 1. The molecule has 110 valence electrons. The van der Waals surface area contributed by atoms with Crippen LogP contribution in [0.25, 0.3) is 11.4 Å². The van der Waals surface area contributed by atoms with E-state index in [4.69, 9.17) is 5.11 Å². The molecule has 0 aliphatic carbocycles. The van der Waals surface area contributed by atoms with Crippen molar-refractivity contribution >= 4 is 17.7 Å². The Morgan fingerprint density at radius 3 is 2.86 bits per heavy atom. The van der Waals surface area contributed by atoms with E-state index in [1.165, 1.54) is 0 Å². The summed E-state index contributed by atoms with van der Waals surface area (Å²) < 4.78 is 2.09. The average molecular weight is 304 g/mol. The van der Waals surface area contributed by atoms with Gasteiger partial charge in [0.05, 0.1) is 12.5 Å². The van der Waals surface area contributed by atoms with Crippen molar-refractivity contribution in [1.82, 2.24) is 19.7 Å². The minimum absolute atomic E-state index is 0.210. The molecule has 2 aromatic rings. The van der Waals surface area contributed by atoms with Crippen molar-refractivity contribution < 1.29 is 9.90 Å². The molecule has 21 heavy (non-hydrogen) atoms. The fourth-order valence-electron chi connectivity index (χ4n) is 2.30. The highest BCUT2D eigenvalue weighted by Crippen LogP contribution is 2.28. The van der Waals surface area contributed by atoms with Gasteiger partial charge < -0.3 is 5.11 Å². The van der Waals surface area contributed by atoms with Crippen LogP contribution in [0, 0.1) is 0 Å². The second-order valence-corrected chi connectivity index (χ2v) is 5.82. The van der Waals surface area contributed by atoms with Crippen LogP contribution in [-0.4, -0.2) is 43.2 Å². The van der Waals surface area contributed by atoms with Crippen LogP contribution in [0.15, 0.2) is 35.5 Å². The molecule has 0 bridgehead atoms. The molecule has 0 saturated carbocycles. The zero-order chi connectivity index (χ0) is 14.7. The number of carboxylic acids is 1. The molecule has 1 aromatic heterocycles. The van der Waals surface area contributed by atoms with Gasteiger partial charge in [-0.25, -0.2) is 0 Å². The second-order valence-electron chi connectivity index (χ2n) is 4.91. The van der Waals surface area contributed by atoms with E-state index in [-0.39, 0.29) is 6.42 Å². The average Bonchev–Trinajstić information content (AvgIpc) is 2.91. The van der Waals surface area contributed by atoms with E-state index < -0.39 is 5.97 Å². The molecule has 1 N–H and O–H groups in total. The van der Waals surface area contributed by atoms with E-state index in [1.807, 2.05) is 30.3 Å². The van der Waals surface area contributed by atoms with Gasteiger partial charge in [0, 0.05) is 18.5 Å². The molecule has 1 aromatic carbocycles. The number of carboxylic acid groups (broad SMARTS) is 1. The first-order chi connectivity index (χ1) is 10.2. The van der Waals surface area contributed by atoms with Crippen LogP contribution in [0.3, 0.4) is 0 Å². The van der Waals surface area contributed by atoms with Gasteiger partial charge in [0.25, 0.3) is 0 Å². The molecule has 0 spiro atoms. The highest BCUT2D eigenvalue weighted by Gasteiger charge is 2.22. The second kappa shape index (κ2) is 6.28. The predicted octanol–water partition coefficient (Wildman–Crippen LogP) is 2.13. The third-order valence-electron chi connectivity index (χ3n) is 3.33. The van der Waals surface area contributed by atoms with Crippen LogP contribution in [0.5, 0.6) is 0 Å². The van der Waals surface area contributed by atoms with Crippen LogP contribution in [-0.2, 0) is 11.5 Å². The lowest BCUT2D eigenvalue weighted by atomic mass is 10.2. The van der Waals surface area contributed by atoms with Gasteiger partial charge in [0.2, 0.25) is 0 Å². The fourth-order valence-corrected chi connectivity index (χ4v) is 3.21. The standard InChI is InChI=1S/C14H16N4O2S/c19-12(20)7-4-8-17-9-18-13(11-5-2-1-3-6-11)15-16-14(18)21-10-17/h1-3,5-6H,4,7-10H2,(H,19,20). The zero-order valence-corrected chi connectivity index (χ0v) is 12.3. The first-order valence-electron chi connectivity index (χ1n) is 6.79. The molecule has 0 unspecified atom stereocenters. The number of nitrogens with zero attached hydrogens (tertiary/aromatic N) is 4. The molecular formula is C14H16N4O2S. The maximum Gasteiger partial charge on any atom is 0.303 e. The molecule has 1 aliphatic rings. The largest absolute Gasteiger partial charge is 0.481 e. The first-order valence-corrected chi connectivity index (χ1v) is 7.78. The van der Waals surface area contributed by atoms with Gasteiger partial charge in [-0.15, -0.1) is 10.2 Å². The van der Waals surface area contributed by atoms with Gasteiger partial charge in [-0.2, -0.15) is 0 Å². The van der Waals surface area contributed by atoms with Gasteiger partial charge in [0.15, 0.2) is 11.0 Å². The maximum absolute atomic E-state index is 10.6. The summed E-state index contributed by atoms with van der Waals surface area (Å²) in [5.41, 5.74) is 1.05. The number of rotatable bonds is 5. The summed E-state index contributed by atoms with van der Waals surface area (Å²) in [6, 6.07) is 9.98. The monoisotopic (exact) mass is 304 g/mol. The molecule has 0 atom stereocenters. The van der Waals surface area contributed by atoms with Crippen molar-refractivity contribution in [3.63, 3.8) is 0 Å². The van der Waals surface area contributed by atoms with Gasteiger partial charge in [-0.1, -0.05) is 42.1 Å². The van der Waals surface area contributed by atoms with Crippen LogP contribution >= 0.6 is 11.8 Å². The zero-order valence-electron chi connectivity index (χ0n) is 11.5. The quantitative estimate of drug-likeness (QED) is 0.912. The maximum atomic E-state index is 10.6. The Labute approximate surface area is 126 Å². The van der Waals surface area contributed by atoms with Gasteiger partial charge in [0.1, 0.15) is 0 Å². The van der Waals surface area contributed by atoms with E-state index in [0.29, 0.717) is 13.1 Å². The van der Waals surface area contributed by atoms with Crippen molar-refractivity contribution in [3.8, 4) is 11.4 Å². The van der Waals surface area contributed by atoms with Crippen LogP contribution in [0.4, 0.5) is 0 Å². The molecule has 0 radical (unpaired) electrons. The summed E-state index contributed by atoms with van der Waals surface area (Å²) in [6.45, 7) is 1.48. The van der Waals surface area contributed by atoms with E-state index in [0.717, 1.165) is 29.0 Å². The van der Waals surface area contributed by atoms with E-state index in [9.17, 15) is 4.79 Å². The summed E-state index contributed by atoms with van der Waals surface area (Å²) in [5, 5.41) is 18.1. The Bertz CT molecular complexity index is 629. The van der Waals surface area contributed by atoms with Crippen molar-refractivity contribution in [2.24, 2.45) is 0 Å². The Morgan fingerprint density at radius 1 is 1.29 bits per heavy atom. The number of aliphatic carboxylic acids is 1.